The topological polar surface area (TPSA) is 63.7 Å². The zero-order valence-corrected chi connectivity index (χ0v) is 14.9. The van der Waals surface area contributed by atoms with Gasteiger partial charge in [0.2, 0.25) is 0 Å². The highest BCUT2D eigenvalue weighted by Crippen LogP contribution is 2.31. The zero-order valence-electron chi connectivity index (χ0n) is 14.1. The van der Waals surface area contributed by atoms with Crippen LogP contribution >= 0.6 is 11.6 Å². The maximum Gasteiger partial charge on any atom is 0.313 e. The average Bonchev–Trinajstić information content (AvgIpc) is 2.93. The summed E-state index contributed by atoms with van der Waals surface area (Å²) in [6.45, 7) is -0.0310. The molecule has 2 amide bonds. The zero-order chi connectivity index (χ0) is 19.0. The van der Waals surface area contributed by atoms with Crippen molar-refractivity contribution in [3.8, 4) is 5.75 Å². The average molecular weight is 380 g/mol. The lowest BCUT2D eigenvalue weighted by atomic mass is 10.1. The Morgan fingerprint density at radius 1 is 0.852 bits per heavy atom. The molecule has 0 fully saturated rings. The van der Waals surface area contributed by atoms with Gasteiger partial charge in [-0.15, -0.1) is 0 Å². The predicted molar refractivity (Wildman–Crippen MR) is 101 cm³/mol. The first-order valence-electron chi connectivity index (χ1n) is 8.39. The molecule has 0 radical (unpaired) electrons. The monoisotopic (exact) mass is 379 g/mol. The minimum atomic E-state index is -0.529. The largest absolute Gasteiger partial charge is 0.426 e. The van der Waals surface area contributed by atoms with Gasteiger partial charge < -0.3 is 4.74 Å². The third kappa shape index (κ3) is 3.06. The first-order chi connectivity index (χ1) is 13.1. The van der Waals surface area contributed by atoms with Gasteiger partial charge >= 0.3 is 5.97 Å². The number of halogens is 1. The maximum absolute atomic E-state index is 12.3. The number of carbonyl (C=O) groups excluding carboxylic acids is 3. The van der Waals surface area contributed by atoms with Crippen LogP contribution in [0.5, 0.6) is 5.75 Å². The summed E-state index contributed by atoms with van der Waals surface area (Å²) in [6, 6.07) is 17.2. The lowest BCUT2D eigenvalue weighted by Crippen LogP contribution is -2.32. The fraction of sp³-hybridized carbons (Fsp3) is 0.0952. The number of carbonyl (C=O) groups is 3. The number of ether oxygens (including phenoxy) is 1. The van der Waals surface area contributed by atoms with Crippen molar-refractivity contribution >= 4 is 40.2 Å². The number of imide groups is 1. The van der Waals surface area contributed by atoms with E-state index in [9.17, 15) is 14.4 Å². The minimum Gasteiger partial charge on any atom is -0.426 e. The van der Waals surface area contributed by atoms with Crippen molar-refractivity contribution in [1.29, 1.82) is 0 Å². The number of rotatable bonds is 4. The molecule has 0 aliphatic carbocycles. The quantitative estimate of drug-likeness (QED) is 0.389. The molecule has 0 unspecified atom stereocenters. The second-order valence-corrected chi connectivity index (χ2v) is 6.53. The lowest BCUT2D eigenvalue weighted by Gasteiger charge is -2.14. The van der Waals surface area contributed by atoms with E-state index >= 15 is 0 Å². The van der Waals surface area contributed by atoms with Crippen LogP contribution in [0, 0.1) is 0 Å². The van der Waals surface area contributed by atoms with Gasteiger partial charge in [-0.25, -0.2) is 0 Å². The van der Waals surface area contributed by atoms with Gasteiger partial charge in [-0.1, -0.05) is 48.0 Å². The van der Waals surface area contributed by atoms with E-state index in [4.69, 9.17) is 16.3 Å². The summed E-state index contributed by atoms with van der Waals surface area (Å²) in [7, 11) is 0. The minimum absolute atomic E-state index is 0.0310. The Balaban J connectivity index is 1.47. The molecule has 0 spiro atoms. The van der Waals surface area contributed by atoms with E-state index in [0.717, 1.165) is 15.7 Å². The van der Waals surface area contributed by atoms with Gasteiger partial charge in [-0.05, 0) is 24.3 Å². The Labute approximate surface area is 160 Å². The van der Waals surface area contributed by atoms with E-state index in [1.165, 1.54) is 0 Å². The molecule has 1 aliphatic rings. The summed E-state index contributed by atoms with van der Waals surface area (Å²) in [4.78, 5) is 38.0. The molecule has 0 atom stereocenters. The highest BCUT2D eigenvalue weighted by Gasteiger charge is 2.35. The van der Waals surface area contributed by atoms with E-state index in [1.807, 2.05) is 24.3 Å². The van der Waals surface area contributed by atoms with Crippen LogP contribution in [0.4, 0.5) is 0 Å². The Bertz CT molecular complexity index is 1060. The first-order valence-corrected chi connectivity index (χ1v) is 8.77. The molecule has 1 aliphatic heterocycles. The predicted octanol–water partition coefficient (Wildman–Crippen LogP) is 4.08. The number of benzene rings is 3. The number of hydrogen-bond acceptors (Lipinski definition) is 4. The number of amides is 2. The van der Waals surface area contributed by atoms with Crippen LogP contribution in [-0.4, -0.2) is 29.2 Å². The second-order valence-electron chi connectivity index (χ2n) is 6.12. The van der Waals surface area contributed by atoms with Crippen LogP contribution in [0.15, 0.2) is 60.7 Å². The molecule has 3 aromatic rings. The smallest absolute Gasteiger partial charge is 0.313 e. The third-order valence-electron chi connectivity index (χ3n) is 4.47. The summed E-state index contributed by atoms with van der Waals surface area (Å²) in [5.74, 6) is -0.915. The van der Waals surface area contributed by atoms with Crippen LogP contribution in [-0.2, 0) is 4.79 Å². The maximum atomic E-state index is 12.3. The molecule has 0 saturated heterocycles. The molecule has 5 nitrogen and oxygen atoms in total. The van der Waals surface area contributed by atoms with Gasteiger partial charge in [0, 0.05) is 22.3 Å². The molecular weight excluding hydrogens is 366 g/mol. The molecule has 134 valence electrons. The van der Waals surface area contributed by atoms with Crippen LogP contribution < -0.4 is 4.74 Å². The fourth-order valence-corrected chi connectivity index (χ4v) is 3.37. The van der Waals surface area contributed by atoms with Crippen LogP contribution in [0.25, 0.3) is 10.8 Å². The molecule has 4 rings (SSSR count). The summed E-state index contributed by atoms with van der Waals surface area (Å²) in [5, 5.41) is 2.07. The number of esters is 1. The SMILES string of the molecule is O=C(CCN1C(=O)c2ccccc2C1=O)Oc1ccc(Cl)c2ccccc12. The Kier molecular flexibility index (Phi) is 4.38. The van der Waals surface area contributed by atoms with Gasteiger partial charge in [0.05, 0.1) is 17.5 Å². The van der Waals surface area contributed by atoms with Crippen LogP contribution in [0.2, 0.25) is 5.02 Å². The third-order valence-corrected chi connectivity index (χ3v) is 4.80. The highest BCUT2D eigenvalue weighted by molar-refractivity contribution is 6.35. The van der Waals surface area contributed by atoms with E-state index in [0.29, 0.717) is 21.9 Å². The first kappa shape index (κ1) is 17.2. The van der Waals surface area contributed by atoms with Gasteiger partial charge in [-0.2, -0.15) is 0 Å². The van der Waals surface area contributed by atoms with Gasteiger partial charge in [0.15, 0.2) is 0 Å². The van der Waals surface area contributed by atoms with Crippen molar-refractivity contribution in [1.82, 2.24) is 4.90 Å². The molecule has 0 saturated carbocycles. The molecule has 0 bridgehead atoms. The van der Waals surface area contributed by atoms with Gasteiger partial charge in [-0.3, -0.25) is 19.3 Å². The van der Waals surface area contributed by atoms with Crippen LogP contribution in [0.3, 0.4) is 0 Å². The van der Waals surface area contributed by atoms with E-state index in [1.54, 1.807) is 36.4 Å². The molecule has 6 heteroatoms. The number of hydrogen-bond donors (Lipinski definition) is 0. The van der Waals surface area contributed by atoms with Crippen molar-refractivity contribution < 1.29 is 19.1 Å². The number of nitrogens with zero attached hydrogens (tertiary/aromatic N) is 1. The van der Waals surface area contributed by atoms with Crippen molar-refractivity contribution in [2.75, 3.05) is 6.54 Å². The van der Waals surface area contributed by atoms with Crippen molar-refractivity contribution in [3.05, 3.63) is 76.8 Å². The Morgan fingerprint density at radius 2 is 1.44 bits per heavy atom. The summed E-state index contributed by atoms with van der Waals surface area (Å²) in [6.07, 6.45) is -0.0948. The molecular formula is C21H14ClNO4. The Morgan fingerprint density at radius 3 is 2.11 bits per heavy atom. The van der Waals surface area contributed by atoms with Crippen molar-refractivity contribution in [2.45, 2.75) is 6.42 Å². The molecule has 0 N–H and O–H groups in total. The number of fused-ring (bicyclic) bond motifs is 2. The summed E-state index contributed by atoms with van der Waals surface area (Å²) >= 11 is 6.17. The van der Waals surface area contributed by atoms with Crippen molar-refractivity contribution in [3.63, 3.8) is 0 Å². The van der Waals surface area contributed by atoms with Crippen LogP contribution in [0.1, 0.15) is 27.1 Å². The molecule has 0 aromatic heterocycles. The molecule has 27 heavy (non-hydrogen) atoms. The van der Waals surface area contributed by atoms with Gasteiger partial charge in [0.1, 0.15) is 5.75 Å². The fourth-order valence-electron chi connectivity index (χ4n) is 3.14. The highest BCUT2D eigenvalue weighted by atomic mass is 35.5. The van der Waals surface area contributed by atoms with Crippen molar-refractivity contribution in [2.24, 2.45) is 0 Å². The molecule has 3 aromatic carbocycles. The lowest BCUT2D eigenvalue weighted by molar-refractivity contribution is -0.134. The molecule has 1 heterocycles. The van der Waals surface area contributed by atoms with E-state index in [-0.39, 0.29) is 24.8 Å². The summed E-state index contributed by atoms with van der Waals surface area (Å²) in [5.41, 5.74) is 0.721. The van der Waals surface area contributed by atoms with E-state index in [2.05, 4.69) is 0 Å². The normalized spacial score (nSPS) is 13.1. The van der Waals surface area contributed by atoms with Gasteiger partial charge in [0.25, 0.3) is 11.8 Å². The van der Waals surface area contributed by atoms with E-state index < -0.39 is 5.97 Å². The summed E-state index contributed by atoms with van der Waals surface area (Å²) < 4.78 is 5.44. The second kappa shape index (κ2) is 6.85. The standard InChI is InChI=1S/C21H14ClNO4/c22-17-9-10-18(14-6-2-1-5-13(14)17)27-19(24)11-12-23-20(25)15-7-3-4-8-16(15)21(23)26/h1-10H,11-12H2. The Hall–Kier alpha value is -3.18.